The molecular formula is C9H9BrN4O2. The Morgan fingerprint density at radius 2 is 2.31 bits per heavy atom. The summed E-state index contributed by atoms with van der Waals surface area (Å²) in [6.45, 7) is 1.77. The molecule has 0 fully saturated rings. The normalized spacial score (nSPS) is 10.7. The summed E-state index contributed by atoms with van der Waals surface area (Å²) in [5.74, 6) is 0.404. The molecule has 6 nitrogen and oxygen atoms in total. The highest BCUT2D eigenvalue weighted by Crippen LogP contribution is 2.22. The Bertz CT molecular complexity index is 578. The van der Waals surface area contributed by atoms with Crippen LogP contribution in [0.5, 0.6) is 0 Å². The first kappa shape index (κ1) is 10.9. The SMILES string of the molecule is COC(=O)c1cnc2c(Br)nc(C)n2c1N. The summed E-state index contributed by atoms with van der Waals surface area (Å²) in [6, 6.07) is 0. The lowest BCUT2D eigenvalue weighted by Crippen LogP contribution is -2.11. The van der Waals surface area contributed by atoms with Gasteiger partial charge in [0.15, 0.2) is 10.3 Å². The van der Waals surface area contributed by atoms with Gasteiger partial charge in [-0.25, -0.2) is 14.8 Å². The Labute approximate surface area is 99.6 Å². The number of carbonyl (C=O) groups excluding carboxylic acids is 1. The number of aryl methyl sites for hydroxylation is 1. The lowest BCUT2D eigenvalue weighted by molar-refractivity contribution is 0.0601. The highest BCUT2D eigenvalue weighted by molar-refractivity contribution is 9.10. The number of hydrogen-bond acceptors (Lipinski definition) is 5. The molecule has 0 aliphatic rings. The minimum atomic E-state index is -0.517. The molecule has 0 bridgehead atoms. The molecule has 2 N–H and O–H groups in total. The molecule has 7 heteroatoms. The zero-order chi connectivity index (χ0) is 11.9. The van der Waals surface area contributed by atoms with Gasteiger partial charge in [0.1, 0.15) is 17.2 Å². The van der Waals surface area contributed by atoms with Crippen molar-refractivity contribution in [2.24, 2.45) is 0 Å². The number of nitrogens with zero attached hydrogens (tertiary/aromatic N) is 3. The zero-order valence-corrected chi connectivity index (χ0v) is 10.3. The second kappa shape index (κ2) is 3.75. The molecule has 0 spiro atoms. The number of anilines is 1. The van der Waals surface area contributed by atoms with E-state index in [1.54, 1.807) is 11.3 Å². The number of carbonyl (C=O) groups is 1. The average Bonchev–Trinajstić information content (AvgIpc) is 2.54. The second-order valence-electron chi connectivity index (χ2n) is 3.16. The number of nitrogen functional groups attached to an aromatic ring is 1. The molecule has 2 aromatic rings. The fraction of sp³-hybridized carbons (Fsp3) is 0.222. The van der Waals surface area contributed by atoms with E-state index in [1.807, 2.05) is 0 Å². The minimum Gasteiger partial charge on any atom is -0.465 e. The first-order valence-corrected chi connectivity index (χ1v) is 5.23. The Kier molecular flexibility index (Phi) is 2.55. The van der Waals surface area contributed by atoms with E-state index in [0.717, 1.165) is 0 Å². The van der Waals surface area contributed by atoms with Gasteiger partial charge in [0.25, 0.3) is 0 Å². The van der Waals surface area contributed by atoms with Gasteiger partial charge in [-0.15, -0.1) is 0 Å². The molecule has 0 saturated heterocycles. The summed E-state index contributed by atoms with van der Waals surface area (Å²) in [6.07, 6.45) is 1.38. The van der Waals surface area contributed by atoms with Crippen LogP contribution in [0, 0.1) is 6.92 Å². The van der Waals surface area contributed by atoms with E-state index in [0.29, 0.717) is 16.1 Å². The van der Waals surface area contributed by atoms with Gasteiger partial charge in [0.05, 0.1) is 7.11 Å². The second-order valence-corrected chi connectivity index (χ2v) is 3.91. The Balaban J connectivity index is 2.79. The molecule has 2 heterocycles. The molecule has 2 aromatic heterocycles. The first-order valence-electron chi connectivity index (χ1n) is 4.43. The van der Waals surface area contributed by atoms with Crippen molar-refractivity contribution in [2.45, 2.75) is 6.92 Å². The Morgan fingerprint density at radius 1 is 1.62 bits per heavy atom. The van der Waals surface area contributed by atoms with Crippen LogP contribution >= 0.6 is 15.9 Å². The molecule has 2 rings (SSSR count). The highest BCUT2D eigenvalue weighted by Gasteiger charge is 2.17. The number of nitrogens with two attached hydrogens (primary N) is 1. The van der Waals surface area contributed by atoms with E-state index in [2.05, 4.69) is 30.6 Å². The minimum absolute atomic E-state index is 0.225. The molecule has 0 aliphatic carbocycles. The van der Waals surface area contributed by atoms with Crippen LogP contribution in [0.4, 0.5) is 5.82 Å². The van der Waals surface area contributed by atoms with Crippen molar-refractivity contribution in [1.29, 1.82) is 0 Å². The van der Waals surface area contributed by atoms with Crippen molar-refractivity contribution in [1.82, 2.24) is 14.4 Å². The van der Waals surface area contributed by atoms with Crippen LogP contribution in [-0.2, 0) is 4.74 Å². The number of esters is 1. The molecule has 0 saturated carbocycles. The summed E-state index contributed by atoms with van der Waals surface area (Å²) >= 11 is 3.26. The van der Waals surface area contributed by atoms with Crippen LogP contribution in [0.1, 0.15) is 16.2 Å². The van der Waals surface area contributed by atoms with Gasteiger partial charge >= 0.3 is 5.97 Å². The quantitative estimate of drug-likeness (QED) is 0.795. The average molecular weight is 285 g/mol. The van der Waals surface area contributed by atoms with Crippen molar-refractivity contribution >= 4 is 33.4 Å². The summed E-state index contributed by atoms with van der Waals surface area (Å²) < 4.78 is 6.79. The summed E-state index contributed by atoms with van der Waals surface area (Å²) in [7, 11) is 1.29. The van der Waals surface area contributed by atoms with E-state index in [1.165, 1.54) is 13.3 Å². The lowest BCUT2D eigenvalue weighted by atomic mass is 10.3. The van der Waals surface area contributed by atoms with Gasteiger partial charge in [-0.3, -0.25) is 4.40 Å². The third-order valence-electron chi connectivity index (χ3n) is 2.22. The molecule has 0 unspecified atom stereocenters. The molecule has 16 heavy (non-hydrogen) atoms. The number of fused-ring (bicyclic) bond motifs is 1. The third kappa shape index (κ3) is 1.44. The van der Waals surface area contributed by atoms with E-state index in [-0.39, 0.29) is 11.4 Å². The fourth-order valence-electron chi connectivity index (χ4n) is 1.47. The maximum atomic E-state index is 11.4. The topological polar surface area (TPSA) is 82.5 Å². The fourth-order valence-corrected chi connectivity index (χ4v) is 2.00. The number of hydrogen-bond donors (Lipinski definition) is 1. The monoisotopic (exact) mass is 284 g/mol. The van der Waals surface area contributed by atoms with E-state index in [4.69, 9.17) is 5.73 Å². The summed E-state index contributed by atoms with van der Waals surface area (Å²) in [4.78, 5) is 19.7. The molecule has 0 aromatic carbocycles. The van der Waals surface area contributed by atoms with Crippen molar-refractivity contribution < 1.29 is 9.53 Å². The Hall–Kier alpha value is -1.63. The van der Waals surface area contributed by atoms with Crippen molar-refractivity contribution in [3.8, 4) is 0 Å². The van der Waals surface area contributed by atoms with E-state index in [9.17, 15) is 4.79 Å². The van der Waals surface area contributed by atoms with E-state index < -0.39 is 5.97 Å². The number of methoxy groups -OCH3 is 1. The molecule has 0 aliphatic heterocycles. The number of rotatable bonds is 1. The predicted molar refractivity (Wildman–Crippen MR) is 61.2 cm³/mol. The molecule has 0 atom stereocenters. The highest BCUT2D eigenvalue weighted by atomic mass is 79.9. The van der Waals surface area contributed by atoms with Crippen LogP contribution in [0.15, 0.2) is 10.8 Å². The Morgan fingerprint density at radius 3 is 2.94 bits per heavy atom. The number of ether oxygens (including phenoxy) is 1. The summed E-state index contributed by atoms with van der Waals surface area (Å²) in [5, 5.41) is 0. The largest absolute Gasteiger partial charge is 0.465 e. The molecule has 0 amide bonds. The summed E-state index contributed by atoms with van der Waals surface area (Å²) in [5.41, 5.74) is 6.67. The van der Waals surface area contributed by atoms with Crippen LogP contribution in [0.2, 0.25) is 0 Å². The van der Waals surface area contributed by atoms with Gasteiger partial charge in [0.2, 0.25) is 0 Å². The van der Waals surface area contributed by atoms with Gasteiger partial charge in [-0.1, -0.05) is 0 Å². The number of imidazole rings is 1. The van der Waals surface area contributed by atoms with E-state index >= 15 is 0 Å². The molecule has 0 radical (unpaired) electrons. The zero-order valence-electron chi connectivity index (χ0n) is 8.69. The lowest BCUT2D eigenvalue weighted by Gasteiger charge is -2.06. The number of halogens is 1. The molecular weight excluding hydrogens is 276 g/mol. The molecule has 84 valence electrons. The first-order chi connectivity index (χ1) is 7.56. The van der Waals surface area contributed by atoms with Crippen molar-refractivity contribution in [3.05, 3.63) is 22.2 Å². The smallest absolute Gasteiger partial charge is 0.343 e. The van der Waals surface area contributed by atoms with Crippen LogP contribution in [0.25, 0.3) is 5.65 Å². The van der Waals surface area contributed by atoms with Crippen molar-refractivity contribution in [2.75, 3.05) is 12.8 Å². The van der Waals surface area contributed by atoms with Gasteiger partial charge in [-0.05, 0) is 22.9 Å². The standard InChI is InChI=1S/C9H9BrN4O2/c1-4-13-6(10)8-12-3-5(9(15)16-2)7(11)14(4)8/h3H,11H2,1-2H3. The van der Waals surface area contributed by atoms with Gasteiger partial charge < -0.3 is 10.5 Å². The van der Waals surface area contributed by atoms with Gasteiger partial charge in [-0.2, -0.15) is 0 Å². The van der Waals surface area contributed by atoms with Crippen LogP contribution < -0.4 is 5.73 Å². The third-order valence-corrected chi connectivity index (χ3v) is 2.75. The maximum absolute atomic E-state index is 11.4. The van der Waals surface area contributed by atoms with Crippen molar-refractivity contribution in [3.63, 3.8) is 0 Å². The predicted octanol–water partition coefficient (Wildman–Crippen LogP) is 1.17. The van der Waals surface area contributed by atoms with Gasteiger partial charge in [0, 0.05) is 6.20 Å². The van der Waals surface area contributed by atoms with Crippen LogP contribution in [0.3, 0.4) is 0 Å². The maximum Gasteiger partial charge on any atom is 0.343 e. The number of aromatic nitrogens is 3. The van der Waals surface area contributed by atoms with Crippen LogP contribution in [-0.4, -0.2) is 27.4 Å².